The molecule has 1 aromatic heterocycles. The quantitative estimate of drug-likeness (QED) is 0.875. The van der Waals surface area contributed by atoms with Gasteiger partial charge in [-0.15, -0.1) is 11.3 Å². The normalized spacial score (nSPS) is 10.7. The van der Waals surface area contributed by atoms with E-state index in [0.29, 0.717) is 0 Å². The average Bonchev–Trinajstić information content (AvgIpc) is 2.76. The van der Waals surface area contributed by atoms with Crippen molar-refractivity contribution in [1.29, 1.82) is 0 Å². The molecule has 0 fully saturated rings. The van der Waals surface area contributed by atoms with Crippen LogP contribution in [-0.2, 0) is 19.5 Å². The van der Waals surface area contributed by atoms with Gasteiger partial charge in [0, 0.05) is 24.2 Å². The maximum atomic E-state index is 4.43. The Balaban J connectivity index is 1.81. The first kappa shape index (κ1) is 12.3. The minimum absolute atomic E-state index is 0.855. The van der Waals surface area contributed by atoms with Crippen LogP contribution in [0, 0.1) is 6.92 Å². The van der Waals surface area contributed by atoms with Crippen molar-refractivity contribution in [3.05, 3.63) is 51.5 Å². The van der Waals surface area contributed by atoms with Crippen LogP contribution in [0.25, 0.3) is 0 Å². The largest absolute Gasteiger partial charge is 0.306 e. The summed E-state index contributed by atoms with van der Waals surface area (Å²) in [6, 6.07) is 8.78. The predicted molar refractivity (Wildman–Crippen MR) is 73.2 cm³/mol. The summed E-state index contributed by atoms with van der Waals surface area (Å²) in [4.78, 5) is 4.43. The molecule has 1 N–H and O–H groups in total. The van der Waals surface area contributed by atoms with Gasteiger partial charge in [0.05, 0.1) is 0 Å². The van der Waals surface area contributed by atoms with Crippen molar-refractivity contribution in [2.24, 2.45) is 0 Å². The molecule has 2 nitrogen and oxygen atoms in total. The van der Waals surface area contributed by atoms with Gasteiger partial charge in [0.2, 0.25) is 0 Å². The summed E-state index contributed by atoms with van der Waals surface area (Å²) in [5.74, 6) is 0. The van der Waals surface area contributed by atoms with Crippen LogP contribution < -0.4 is 5.32 Å². The average molecular weight is 246 g/mol. The molecular weight excluding hydrogens is 228 g/mol. The molecule has 17 heavy (non-hydrogen) atoms. The first-order chi connectivity index (χ1) is 8.28. The number of thiazole rings is 1. The lowest BCUT2D eigenvalue weighted by atomic mass is 10.1. The van der Waals surface area contributed by atoms with Crippen molar-refractivity contribution in [3.63, 3.8) is 0 Å². The van der Waals surface area contributed by atoms with Gasteiger partial charge in [-0.3, -0.25) is 0 Å². The SMILES string of the molecule is CCc1ccc(CNCc2nc(C)cs2)cc1. The van der Waals surface area contributed by atoms with E-state index in [9.17, 15) is 0 Å². The molecule has 2 rings (SSSR count). The zero-order valence-electron chi connectivity index (χ0n) is 10.4. The highest BCUT2D eigenvalue weighted by molar-refractivity contribution is 7.09. The monoisotopic (exact) mass is 246 g/mol. The molecule has 3 heteroatoms. The van der Waals surface area contributed by atoms with E-state index in [1.807, 2.05) is 6.92 Å². The summed E-state index contributed by atoms with van der Waals surface area (Å²) in [6.45, 7) is 5.97. The van der Waals surface area contributed by atoms with Crippen molar-refractivity contribution in [1.82, 2.24) is 10.3 Å². The summed E-state index contributed by atoms with van der Waals surface area (Å²) < 4.78 is 0. The third-order valence-corrected chi connectivity index (χ3v) is 3.67. The van der Waals surface area contributed by atoms with Gasteiger partial charge in [-0.25, -0.2) is 4.98 Å². The van der Waals surface area contributed by atoms with Gasteiger partial charge in [0.25, 0.3) is 0 Å². The maximum Gasteiger partial charge on any atom is 0.107 e. The standard InChI is InChI=1S/C14H18N2S/c1-3-12-4-6-13(7-5-12)8-15-9-14-16-11(2)10-17-14/h4-7,10,15H,3,8-9H2,1-2H3. The van der Waals surface area contributed by atoms with Crippen LogP contribution in [0.2, 0.25) is 0 Å². The van der Waals surface area contributed by atoms with E-state index in [1.54, 1.807) is 11.3 Å². The topological polar surface area (TPSA) is 24.9 Å². The summed E-state index contributed by atoms with van der Waals surface area (Å²) in [6.07, 6.45) is 1.10. The second-order valence-corrected chi connectivity index (χ2v) is 5.10. The van der Waals surface area contributed by atoms with Crippen LogP contribution in [0.3, 0.4) is 0 Å². The molecule has 1 heterocycles. The lowest BCUT2D eigenvalue weighted by Crippen LogP contribution is -2.12. The molecule has 0 radical (unpaired) electrons. The van der Waals surface area contributed by atoms with Crippen molar-refractivity contribution in [3.8, 4) is 0 Å². The summed E-state index contributed by atoms with van der Waals surface area (Å²) in [7, 11) is 0. The van der Waals surface area contributed by atoms with E-state index in [0.717, 1.165) is 30.2 Å². The second-order valence-electron chi connectivity index (χ2n) is 4.16. The smallest absolute Gasteiger partial charge is 0.107 e. The molecule has 0 aliphatic rings. The fourth-order valence-corrected chi connectivity index (χ4v) is 2.43. The Kier molecular flexibility index (Phi) is 4.29. The Morgan fingerprint density at radius 2 is 1.82 bits per heavy atom. The molecule has 90 valence electrons. The highest BCUT2D eigenvalue weighted by Gasteiger charge is 1.98. The molecule has 1 aromatic carbocycles. The van der Waals surface area contributed by atoms with Gasteiger partial charge in [0.1, 0.15) is 5.01 Å². The van der Waals surface area contributed by atoms with Crippen molar-refractivity contribution in [2.45, 2.75) is 33.4 Å². The lowest BCUT2D eigenvalue weighted by molar-refractivity contribution is 0.688. The van der Waals surface area contributed by atoms with Crippen molar-refractivity contribution in [2.75, 3.05) is 0 Å². The summed E-state index contributed by atoms with van der Waals surface area (Å²) >= 11 is 1.72. The fourth-order valence-electron chi connectivity index (χ4n) is 1.69. The van der Waals surface area contributed by atoms with E-state index in [2.05, 4.69) is 46.9 Å². The maximum absolute atomic E-state index is 4.43. The zero-order chi connectivity index (χ0) is 12.1. The van der Waals surface area contributed by atoms with Gasteiger partial charge in [-0.1, -0.05) is 31.2 Å². The fraction of sp³-hybridized carbons (Fsp3) is 0.357. The van der Waals surface area contributed by atoms with Crippen molar-refractivity contribution < 1.29 is 0 Å². The number of hydrogen-bond acceptors (Lipinski definition) is 3. The first-order valence-corrected chi connectivity index (χ1v) is 6.85. The van der Waals surface area contributed by atoms with E-state index in [1.165, 1.54) is 11.1 Å². The third-order valence-electron chi connectivity index (χ3n) is 2.70. The van der Waals surface area contributed by atoms with Crippen LogP contribution in [0.5, 0.6) is 0 Å². The number of aromatic nitrogens is 1. The summed E-state index contributed by atoms with van der Waals surface area (Å²) in [5, 5.41) is 6.67. The highest BCUT2D eigenvalue weighted by Crippen LogP contribution is 2.09. The van der Waals surface area contributed by atoms with E-state index < -0.39 is 0 Å². The Bertz CT molecular complexity index is 459. The van der Waals surface area contributed by atoms with Gasteiger partial charge >= 0.3 is 0 Å². The third kappa shape index (κ3) is 3.65. The molecule has 0 aliphatic carbocycles. The Morgan fingerprint density at radius 3 is 2.41 bits per heavy atom. The number of rotatable bonds is 5. The van der Waals surface area contributed by atoms with Crippen LogP contribution in [-0.4, -0.2) is 4.98 Å². The molecular formula is C14H18N2S. The molecule has 2 aromatic rings. The van der Waals surface area contributed by atoms with E-state index in [-0.39, 0.29) is 0 Å². The first-order valence-electron chi connectivity index (χ1n) is 5.97. The van der Waals surface area contributed by atoms with Crippen LogP contribution in [0.4, 0.5) is 0 Å². The Labute approximate surface area is 107 Å². The van der Waals surface area contributed by atoms with Gasteiger partial charge < -0.3 is 5.32 Å². The van der Waals surface area contributed by atoms with Crippen LogP contribution >= 0.6 is 11.3 Å². The molecule has 0 amide bonds. The number of nitrogens with zero attached hydrogens (tertiary/aromatic N) is 1. The predicted octanol–water partition coefficient (Wildman–Crippen LogP) is 3.30. The number of hydrogen-bond donors (Lipinski definition) is 1. The molecule has 0 bridgehead atoms. The molecule has 0 atom stereocenters. The molecule has 0 aliphatic heterocycles. The summed E-state index contributed by atoms with van der Waals surface area (Å²) in [5.41, 5.74) is 3.83. The van der Waals surface area contributed by atoms with Gasteiger partial charge in [-0.2, -0.15) is 0 Å². The zero-order valence-corrected chi connectivity index (χ0v) is 11.2. The Morgan fingerprint density at radius 1 is 1.12 bits per heavy atom. The molecule has 0 spiro atoms. The minimum atomic E-state index is 0.855. The van der Waals surface area contributed by atoms with Crippen molar-refractivity contribution >= 4 is 11.3 Å². The van der Waals surface area contributed by atoms with Gasteiger partial charge in [0.15, 0.2) is 0 Å². The Hall–Kier alpha value is -1.19. The van der Waals surface area contributed by atoms with Crippen LogP contribution in [0.15, 0.2) is 29.6 Å². The molecule has 0 saturated carbocycles. The molecule has 0 unspecified atom stereocenters. The number of nitrogens with one attached hydrogen (secondary N) is 1. The van der Waals surface area contributed by atoms with Gasteiger partial charge in [-0.05, 0) is 24.5 Å². The minimum Gasteiger partial charge on any atom is -0.306 e. The van der Waals surface area contributed by atoms with E-state index in [4.69, 9.17) is 0 Å². The molecule has 0 saturated heterocycles. The highest BCUT2D eigenvalue weighted by atomic mass is 32.1. The second kappa shape index (κ2) is 5.94. The number of aryl methyl sites for hydroxylation is 2. The van der Waals surface area contributed by atoms with Crippen LogP contribution in [0.1, 0.15) is 28.8 Å². The van der Waals surface area contributed by atoms with E-state index >= 15 is 0 Å². The lowest BCUT2D eigenvalue weighted by Gasteiger charge is -2.04. The number of benzene rings is 1.